The maximum Gasteiger partial charge on any atom is 0.125 e. The van der Waals surface area contributed by atoms with E-state index in [1.807, 2.05) is 13.1 Å². The number of nitrogens with zero attached hydrogens (tertiary/aromatic N) is 1. The number of benzene rings is 2. The van der Waals surface area contributed by atoms with Crippen LogP contribution in [0.3, 0.4) is 0 Å². The van der Waals surface area contributed by atoms with Crippen LogP contribution in [0.4, 0.5) is 15.8 Å². The van der Waals surface area contributed by atoms with E-state index in [9.17, 15) is 4.39 Å². The van der Waals surface area contributed by atoms with Gasteiger partial charge in [0.1, 0.15) is 5.82 Å². The number of rotatable bonds is 3. The SMILES string of the molecule is CNCc1cc(F)cc(N2CCCc3ccccc32)c1. The van der Waals surface area contributed by atoms with E-state index in [4.69, 9.17) is 0 Å². The molecule has 0 unspecified atom stereocenters. The van der Waals surface area contributed by atoms with Gasteiger partial charge in [-0.25, -0.2) is 4.39 Å². The van der Waals surface area contributed by atoms with Crippen molar-refractivity contribution >= 4 is 11.4 Å². The summed E-state index contributed by atoms with van der Waals surface area (Å²) in [5, 5.41) is 3.08. The zero-order chi connectivity index (χ0) is 13.9. The monoisotopic (exact) mass is 270 g/mol. The Kier molecular flexibility index (Phi) is 3.70. The van der Waals surface area contributed by atoms with E-state index in [0.29, 0.717) is 6.54 Å². The molecule has 0 radical (unpaired) electrons. The van der Waals surface area contributed by atoms with Crippen molar-refractivity contribution in [1.29, 1.82) is 0 Å². The zero-order valence-electron chi connectivity index (χ0n) is 11.7. The fourth-order valence-electron chi connectivity index (χ4n) is 2.90. The summed E-state index contributed by atoms with van der Waals surface area (Å²) in [4.78, 5) is 2.22. The second-order valence-electron chi connectivity index (χ2n) is 5.23. The minimum Gasteiger partial charge on any atom is -0.341 e. The lowest BCUT2D eigenvalue weighted by Gasteiger charge is -2.31. The van der Waals surface area contributed by atoms with Crippen LogP contribution in [-0.2, 0) is 13.0 Å². The molecule has 0 aliphatic carbocycles. The van der Waals surface area contributed by atoms with Crippen LogP contribution in [0.5, 0.6) is 0 Å². The Morgan fingerprint density at radius 3 is 2.90 bits per heavy atom. The molecule has 0 fully saturated rings. The van der Waals surface area contributed by atoms with Crippen LogP contribution < -0.4 is 10.2 Å². The summed E-state index contributed by atoms with van der Waals surface area (Å²) in [6.45, 7) is 1.62. The van der Waals surface area contributed by atoms with Crippen LogP contribution in [0.2, 0.25) is 0 Å². The van der Waals surface area contributed by atoms with Crippen LogP contribution in [0, 0.1) is 5.82 Å². The molecule has 3 heteroatoms. The third kappa shape index (κ3) is 2.54. The molecule has 1 heterocycles. The first-order valence-electron chi connectivity index (χ1n) is 7.07. The molecule has 104 valence electrons. The van der Waals surface area contributed by atoms with Gasteiger partial charge in [0.05, 0.1) is 0 Å². The highest BCUT2D eigenvalue weighted by atomic mass is 19.1. The molecule has 0 aromatic heterocycles. The Bertz CT molecular complexity index is 610. The lowest BCUT2D eigenvalue weighted by molar-refractivity contribution is 0.622. The van der Waals surface area contributed by atoms with Crippen LogP contribution >= 0.6 is 0 Å². The highest BCUT2D eigenvalue weighted by Crippen LogP contribution is 2.33. The van der Waals surface area contributed by atoms with Crippen molar-refractivity contribution in [3.63, 3.8) is 0 Å². The van der Waals surface area contributed by atoms with Crippen molar-refractivity contribution < 1.29 is 4.39 Å². The van der Waals surface area contributed by atoms with Crippen molar-refractivity contribution in [3.05, 3.63) is 59.4 Å². The van der Waals surface area contributed by atoms with E-state index in [1.54, 1.807) is 12.1 Å². The average molecular weight is 270 g/mol. The van der Waals surface area contributed by atoms with Gasteiger partial charge >= 0.3 is 0 Å². The smallest absolute Gasteiger partial charge is 0.125 e. The van der Waals surface area contributed by atoms with Gasteiger partial charge in [-0.3, -0.25) is 0 Å². The van der Waals surface area contributed by atoms with Gasteiger partial charge in [0, 0.05) is 24.5 Å². The molecule has 0 saturated carbocycles. The molecule has 0 saturated heterocycles. The van der Waals surface area contributed by atoms with Crippen LogP contribution in [0.25, 0.3) is 0 Å². The first kappa shape index (κ1) is 13.1. The third-order valence-electron chi connectivity index (χ3n) is 3.75. The summed E-state index contributed by atoms with van der Waals surface area (Å²) in [7, 11) is 1.88. The molecule has 2 aromatic carbocycles. The van der Waals surface area contributed by atoms with Gasteiger partial charge in [-0.05, 0) is 55.3 Å². The normalized spacial score (nSPS) is 14.2. The van der Waals surface area contributed by atoms with Crippen molar-refractivity contribution in [2.45, 2.75) is 19.4 Å². The van der Waals surface area contributed by atoms with Gasteiger partial charge in [0.15, 0.2) is 0 Å². The quantitative estimate of drug-likeness (QED) is 0.916. The standard InChI is InChI=1S/C17H19FN2/c1-19-12-13-9-15(18)11-16(10-13)20-8-4-6-14-5-2-3-7-17(14)20/h2-3,5,7,9-11,19H,4,6,8,12H2,1H3. The van der Waals surface area contributed by atoms with Crippen LogP contribution in [-0.4, -0.2) is 13.6 Å². The van der Waals surface area contributed by atoms with Gasteiger partial charge in [-0.15, -0.1) is 0 Å². The van der Waals surface area contributed by atoms with E-state index >= 15 is 0 Å². The summed E-state index contributed by atoms with van der Waals surface area (Å²) in [6.07, 6.45) is 2.21. The first-order chi connectivity index (χ1) is 9.78. The fraction of sp³-hybridized carbons (Fsp3) is 0.294. The number of hydrogen-bond donors (Lipinski definition) is 1. The molecule has 0 atom stereocenters. The molecule has 0 amide bonds. The minimum atomic E-state index is -0.171. The molecule has 0 spiro atoms. The molecule has 3 rings (SSSR count). The average Bonchev–Trinajstić information content (AvgIpc) is 2.46. The molecule has 2 aromatic rings. The number of nitrogens with one attached hydrogen (secondary N) is 1. The number of aryl methyl sites for hydroxylation is 1. The minimum absolute atomic E-state index is 0.171. The molecular formula is C17H19FN2. The van der Waals surface area contributed by atoms with E-state index in [0.717, 1.165) is 30.6 Å². The maximum absolute atomic E-state index is 13.8. The van der Waals surface area contributed by atoms with Crippen LogP contribution in [0.1, 0.15) is 17.5 Å². The predicted molar refractivity (Wildman–Crippen MR) is 80.9 cm³/mol. The van der Waals surface area contributed by atoms with Gasteiger partial charge in [0.2, 0.25) is 0 Å². The molecule has 20 heavy (non-hydrogen) atoms. The Labute approximate surface area is 119 Å². The molecule has 2 nitrogen and oxygen atoms in total. The first-order valence-corrected chi connectivity index (χ1v) is 7.07. The van der Waals surface area contributed by atoms with Crippen molar-refractivity contribution in [2.24, 2.45) is 0 Å². The van der Waals surface area contributed by atoms with Crippen molar-refractivity contribution in [1.82, 2.24) is 5.32 Å². The summed E-state index contributed by atoms with van der Waals surface area (Å²) in [5.74, 6) is -0.171. The molecule has 1 N–H and O–H groups in total. The predicted octanol–water partition coefficient (Wildman–Crippen LogP) is 3.63. The van der Waals surface area contributed by atoms with E-state index in [1.165, 1.54) is 11.3 Å². The van der Waals surface area contributed by atoms with Crippen molar-refractivity contribution in [2.75, 3.05) is 18.5 Å². The number of para-hydroxylation sites is 1. The van der Waals surface area contributed by atoms with E-state index in [2.05, 4.69) is 34.5 Å². The van der Waals surface area contributed by atoms with Gasteiger partial charge in [0.25, 0.3) is 0 Å². The number of anilines is 2. The largest absolute Gasteiger partial charge is 0.341 e. The topological polar surface area (TPSA) is 15.3 Å². The van der Waals surface area contributed by atoms with Crippen LogP contribution in [0.15, 0.2) is 42.5 Å². The summed E-state index contributed by atoms with van der Waals surface area (Å²) < 4.78 is 13.8. The lowest BCUT2D eigenvalue weighted by atomic mass is 10.0. The molecule has 1 aliphatic rings. The number of hydrogen-bond acceptors (Lipinski definition) is 2. The second-order valence-corrected chi connectivity index (χ2v) is 5.23. The molecule has 0 bridgehead atoms. The van der Waals surface area contributed by atoms with Crippen molar-refractivity contribution in [3.8, 4) is 0 Å². The maximum atomic E-state index is 13.8. The molecule has 1 aliphatic heterocycles. The molecular weight excluding hydrogens is 251 g/mol. The Balaban J connectivity index is 2.01. The van der Waals surface area contributed by atoms with Gasteiger partial charge < -0.3 is 10.2 Å². The summed E-state index contributed by atoms with van der Waals surface area (Å²) in [6, 6.07) is 13.7. The number of halogens is 1. The Morgan fingerprint density at radius 2 is 2.05 bits per heavy atom. The third-order valence-corrected chi connectivity index (χ3v) is 3.75. The van der Waals surface area contributed by atoms with E-state index in [-0.39, 0.29) is 5.82 Å². The highest BCUT2D eigenvalue weighted by Gasteiger charge is 2.18. The lowest BCUT2D eigenvalue weighted by Crippen LogP contribution is -2.24. The van der Waals surface area contributed by atoms with E-state index < -0.39 is 0 Å². The Morgan fingerprint density at radius 1 is 1.20 bits per heavy atom. The Hall–Kier alpha value is -1.87. The fourth-order valence-corrected chi connectivity index (χ4v) is 2.90. The highest BCUT2D eigenvalue weighted by molar-refractivity contribution is 5.68. The summed E-state index contributed by atoms with van der Waals surface area (Å²) >= 11 is 0. The van der Waals surface area contributed by atoms with Gasteiger partial charge in [-0.2, -0.15) is 0 Å². The number of fused-ring (bicyclic) bond motifs is 1. The van der Waals surface area contributed by atoms with Gasteiger partial charge in [-0.1, -0.05) is 18.2 Å². The summed E-state index contributed by atoms with van der Waals surface area (Å²) in [5.41, 5.74) is 4.48. The second kappa shape index (κ2) is 5.63. The zero-order valence-corrected chi connectivity index (χ0v) is 11.7.